The molecule has 0 N–H and O–H groups in total. The number of carbonyl (C=O) groups is 1. The van der Waals surface area contributed by atoms with Gasteiger partial charge >= 0.3 is 0 Å². The van der Waals surface area contributed by atoms with Crippen LogP contribution in [0.25, 0.3) is 22.8 Å². The van der Waals surface area contributed by atoms with E-state index in [1.165, 1.54) is 0 Å². The molecule has 8 heteroatoms. The summed E-state index contributed by atoms with van der Waals surface area (Å²) in [5, 5.41) is 8.86. The van der Waals surface area contributed by atoms with Gasteiger partial charge in [-0.05, 0) is 37.1 Å². The predicted molar refractivity (Wildman–Crippen MR) is 115 cm³/mol. The van der Waals surface area contributed by atoms with Crippen LogP contribution in [-0.2, 0) is 6.54 Å². The van der Waals surface area contributed by atoms with Crippen molar-refractivity contribution in [2.45, 2.75) is 25.4 Å². The number of hydrogen-bond acceptors (Lipinski definition) is 6. The van der Waals surface area contributed by atoms with Crippen LogP contribution in [0.15, 0.2) is 71.4 Å². The van der Waals surface area contributed by atoms with Gasteiger partial charge in [0.05, 0.1) is 12.1 Å². The van der Waals surface area contributed by atoms with E-state index in [9.17, 15) is 4.79 Å². The number of nitrogens with zero attached hydrogens (tertiary/aromatic N) is 5. The smallest absolute Gasteiger partial charge is 0.257 e. The van der Waals surface area contributed by atoms with Gasteiger partial charge in [-0.2, -0.15) is 0 Å². The van der Waals surface area contributed by atoms with Gasteiger partial charge in [-0.1, -0.05) is 41.9 Å². The number of hydrogen-bond donors (Lipinski definition) is 0. The normalized spacial score (nSPS) is 13.2. The van der Waals surface area contributed by atoms with Crippen molar-refractivity contribution in [3.05, 3.63) is 83.5 Å². The first kappa shape index (κ1) is 19.4. The van der Waals surface area contributed by atoms with E-state index in [2.05, 4.69) is 20.2 Å². The quantitative estimate of drug-likeness (QED) is 0.441. The average Bonchev–Trinajstić information content (AvgIpc) is 3.56. The largest absolute Gasteiger partial charge is 0.419 e. The molecule has 1 aliphatic rings. The molecule has 1 fully saturated rings. The molecular weight excluding hydrogens is 414 g/mol. The summed E-state index contributed by atoms with van der Waals surface area (Å²) in [5.41, 5.74) is 2.11. The maximum atomic E-state index is 13.1. The molecule has 1 amide bonds. The molecule has 1 aliphatic carbocycles. The highest BCUT2D eigenvalue weighted by atomic mass is 35.5. The fourth-order valence-electron chi connectivity index (χ4n) is 3.27. The Hall–Kier alpha value is -3.58. The first-order chi connectivity index (χ1) is 15.2. The Morgan fingerprint density at radius 1 is 0.968 bits per heavy atom. The first-order valence-corrected chi connectivity index (χ1v) is 10.3. The fourth-order valence-corrected chi connectivity index (χ4v) is 3.39. The number of carbonyl (C=O) groups excluding carboxylic acids is 1. The fraction of sp³-hybridized carbons (Fsp3) is 0.174. The van der Waals surface area contributed by atoms with Crippen molar-refractivity contribution in [3.63, 3.8) is 0 Å². The third kappa shape index (κ3) is 4.32. The zero-order valence-electron chi connectivity index (χ0n) is 16.5. The van der Waals surface area contributed by atoms with Gasteiger partial charge in [0.25, 0.3) is 5.91 Å². The number of aromatic nitrogens is 4. The summed E-state index contributed by atoms with van der Waals surface area (Å²) in [6.07, 6.45) is 5.04. The first-order valence-electron chi connectivity index (χ1n) is 9.94. The second-order valence-corrected chi connectivity index (χ2v) is 7.77. The van der Waals surface area contributed by atoms with Crippen molar-refractivity contribution < 1.29 is 9.21 Å². The molecule has 0 radical (unpaired) electrons. The zero-order valence-corrected chi connectivity index (χ0v) is 17.2. The molecule has 1 saturated carbocycles. The maximum Gasteiger partial charge on any atom is 0.257 e. The molecule has 31 heavy (non-hydrogen) atoms. The molecule has 0 saturated heterocycles. The lowest BCUT2D eigenvalue weighted by atomic mass is 10.2. The molecule has 154 valence electrons. The van der Waals surface area contributed by atoms with E-state index in [0.717, 1.165) is 24.0 Å². The molecule has 7 nitrogen and oxygen atoms in total. The highest BCUT2D eigenvalue weighted by molar-refractivity contribution is 6.30. The minimum Gasteiger partial charge on any atom is -0.419 e. The number of rotatable bonds is 6. The Bertz CT molecular complexity index is 1190. The molecule has 0 atom stereocenters. The van der Waals surface area contributed by atoms with Crippen molar-refractivity contribution in [3.8, 4) is 22.8 Å². The SMILES string of the molecule is O=C(c1cnc(-c2ccccc2)nc1)N(Cc1nnc(-c2ccc(Cl)cc2)o1)C1CC1. The van der Waals surface area contributed by atoms with Crippen molar-refractivity contribution in [1.82, 2.24) is 25.1 Å². The van der Waals surface area contributed by atoms with E-state index in [0.29, 0.717) is 28.2 Å². The van der Waals surface area contributed by atoms with Crippen LogP contribution in [0.2, 0.25) is 5.02 Å². The van der Waals surface area contributed by atoms with Gasteiger partial charge in [0.15, 0.2) is 5.82 Å². The van der Waals surface area contributed by atoms with E-state index < -0.39 is 0 Å². The Kier molecular flexibility index (Phi) is 5.18. The van der Waals surface area contributed by atoms with Gasteiger partial charge in [-0.15, -0.1) is 10.2 Å². The topological polar surface area (TPSA) is 85.0 Å². The molecule has 2 aromatic carbocycles. The summed E-state index contributed by atoms with van der Waals surface area (Å²) >= 11 is 5.93. The van der Waals surface area contributed by atoms with Gasteiger partial charge < -0.3 is 9.32 Å². The van der Waals surface area contributed by atoms with Crippen molar-refractivity contribution in [2.24, 2.45) is 0 Å². The van der Waals surface area contributed by atoms with Crippen LogP contribution in [0, 0.1) is 0 Å². The van der Waals surface area contributed by atoms with Crippen molar-refractivity contribution >= 4 is 17.5 Å². The number of benzene rings is 2. The molecule has 0 spiro atoms. The summed E-state index contributed by atoms with van der Waals surface area (Å²) in [6, 6.07) is 17.0. The summed E-state index contributed by atoms with van der Waals surface area (Å²) in [5.74, 6) is 1.21. The number of halogens is 1. The Morgan fingerprint density at radius 3 is 2.35 bits per heavy atom. The average molecular weight is 432 g/mol. The van der Waals surface area contributed by atoms with Crippen LogP contribution in [0.3, 0.4) is 0 Å². The van der Waals surface area contributed by atoms with Gasteiger partial charge in [-0.3, -0.25) is 4.79 Å². The molecular formula is C23H18ClN5O2. The lowest BCUT2D eigenvalue weighted by molar-refractivity contribution is 0.0713. The van der Waals surface area contributed by atoms with E-state index >= 15 is 0 Å². The van der Waals surface area contributed by atoms with E-state index in [4.69, 9.17) is 16.0 Å². The summed E-state index contributed by atoms with van der Waals surface area (Å²) < 4.78 is 5.79. The molecule has 2 aromatic heterocycles. The van der Waals surface area contributed by atoms with Crippen LogP contribution in [0.4, 0.5) is 0 Å². The molecule has 0 aliphatic heterocycles. The summed E-state index contributed by atoms with van der Waals surface area (Å²) in [7, 11) is 0. The van der Waals surface area contributed by atoms with E-state index in [1.54, 1.807) is 29.4 Å². The third-order valence-electron chi connectivity index (χ3n) is 5.04. The zero-order chi connectivity index (χ0) is 21.2. The van der Waals surface area contributed by atoms with Crippen LogP contribution >= 0.6 is 11.6 Å². The van der Waals surface area contributed by atoms with Gasteiger partial charge in [-0.25, -0.2) is 9.97 Å². The van der Waals surface area contributed by atoms with Crippen molar-refractivity contribution in [2.75, 3.05) is 0 Å². The minimum absolute atomic E-state index is 0.145. The van der Waals surface area contributed by atoms with Gasteiger partial charge in [0.2, 0.25) is 11.8 Å². The lowest BCUT2D eigenvalue weighted by Gasteiger charge is -2.20. The molecule has 4 aromatic rings. The second kappa shape index (κ2) is 8.28. The van der Waals surface area contributed by atoms with Gasteiger partial charge in [0, 0.05) is 34.6 Å². The Morgan fingerprint density at radius 2 is 1.68 bits per heavy atom. The number of amides is 1. The Balaban J connectivity index is 1.33. The Labute approximate surface area is 183 Å². The van der Waals surface area contributed by atoms with E-state index in [1.807, 2.05) is 42.5 Å². The predicted octanol–water partition coefficient (Wildman–Crippen LogP) is 4.65. The summed E-state index contributed by atoms with van der Waals surface area (Å²) in [4.78, 5) is 23.6. The standard InChI is InChI=1S/C23H18ClN5O2/c24-18-8-6-16(7-9-18)22-28-27-20(31-22)14-29(19-10-11-19)23(30)17-12-25-21(26-13-17)15-4-2-1-3-5-15/h1-9,12-13,19H,10-11,14H2. The maximum absolute atomic E-state index is 13.1. The minimum atomic E-state index is -0.145. The monoisotopic (exact) mass is 431 g/mol. The second-order valence-electron chi connectivity index (χ2n) is 7.33. The third-order valence-corrected chi connectivity index (χ3v) is 5.29. The van der Waals surface area contributed by atoms with Crippen molar-refractivity contribution in [1.29, 1.82) is 0 Å². The van der Waals surface area contributed by atoms with Crippen LogP contribution in [-0.4, -0.2) is 37.0 Å². The highest BCUT2D eigenvalue weighted by Crippen LogP contribution is 2.30. The molecule has 0 bridgehead atoms. The molecule has 5 rings (SSSR count). The molecule has 2 heterocycles. The van der Waals surface area contributed by atoms with E-state index in [-0.39, 0.29) is 18.5 Å². The highest BCUT2D eigenvalue weighted by Gasteiger charge is 2.34. The van der Waals surface area contributed by atoms with Crippen LogP contribution in [0.5, 0.6) is 0 Å². The summed E-state index contributed by atoms with van der Waals surface area (Å²) in [6.45, 7) is 0.241. The van der Waals surface area contributed by atoms with Crippen LogP contribution < -0.4 is 0 Å². The van der Waals surface area contributed by atoms with Gasteiger partial charge in [0.1, 0.15) is 0 Å². The molecule has 0 unspecified atom stereocenters. The van der Waals surface area contributed by atoms with Crippen LogP contribution in [0.1, 0.15) is 29.1 Å². The lowest BCUT2D eigenvalue weighted by Crippen LogP contribution is -2.33.